The molecule has 0 amide bonds. The van der Waals surface area contributed by atoms with Crippen molar-refractivity contribution in [3.63, 3.8) is 0 Å². The van der Waals surface area contributed by atoms with E-state index in [0.29, 0.717) is 24.5 Å². The molecule has 128 valence electrons. The number of rotatable bonds is 1. The first kappa shape index (κ1) is 17.0. The Morgan fingerprint density at radius 1 is 1.26 bits per heavy atom. The number of carbonyl (C=O) groups is 1. The van der Waals surface area contributed by atoms with E-state index in [1.54, 1.807) is 0 Å². The molecule has 2 bridgehead atoms. The second-order valence-electron chi connectivity index (χ2n) is 9.04. The van der Waals surface area contributed by atoms with Gasteiger partial charge in [-0.1, -0.05) is 45.9 Å². The Bertz CT molecular complexity index is 564. The van der Waals surface area contributed by atoms with Gasteiger partial charge in [0.25, 0.3) is 0 Å². The van der Waals surface area contributed by atoms with Gasteiger partial charge in [0.05, 0.1) is 6.10 Å². The highest BCUT2D eigenvalue weighted by Gasteiger charge is 2.65. The maximum Gasteiger partial charge on any atom is 0.137 e. The van der Waals surface area contributed by atoms with Crippen LogP contribution in [0, 0.1) is 34.0 Å². The SMILES string of the molecule is C=CC1(C)C[C@H](O)C2(C)C(C)CCC3(CCC(=O)C32)C(=C)C1C. The zero-order valence-corrected chi connectivity index (χ0v) is 15.2. The summed E-state index contributed by atoms with van der Waals surface area (Å²) in [7, 11) is 0. The maximum absolute atomic E-state index is 12.9. The van der Waals surface area contributed by atoms with Crippen LogP contribution in [0.4, 0.5) is 0 Å². The number of aliphatic hydroxyl groups excluding tert-OH is 1. The highest BCUT2D eigenvalue weighted by atomic mass is 16.3. The highest BCUT2D eigenvalue weighted by molar-refractivity contribution is 5.86. The standard InChI is InChI=1S/C21H32O2/c1-7-19(5)12-17(23)20(6)13(2)8-10-21(15(4)14(19)3)11-9-16(22)18(20)21/h7,13-14,17-18,23H,1,4,8-12H2,2-3,5-6H3/t13?,14?,17-,18?,19?,20?,21?/m0/s1. The van der Waals surface area contributed by atoms with Crippen LogP contribution in [-0.2, 0) is 4.79 Å². The van der Waals surface area contributed by atoms with E-state index in [9.17, 15) is 9.90 Å². The van der Waals surface area contributed by atoms with Gasteiger partial charge in [-0.25, -0.2) is 0 Å². The van der Waals surface area contributed by atoms with Crippen LogP contribution in [0.5, 0.6) is 0 Å². The molecule has 0 aromatic heterocycles. The zero-order chi connectivity index (χ0) is 17.2. The first-order valence-corrected chi connectivity index (χ1v) is 9.17. The minimum atomic E-state index is -0.470. The summed E-state index contributed by atoms with van der Waals surface area (Å²) in [6.07, 6.45) is 5.89. The number of hydrogen-bond acceptors (Lipinski definition) is 2. The zero-order valence-electron chi connectivity index (χ0n) is 15.2. The van der Waals surface area contributed by atoms with Crippen molar-refractivity contribution in [2.24, 2.45) is 34.0 Å². The normalized spacial score (nSPS) is 53.4. The molecule has 0 aliphatic heterocycles. The highest BCUT2D eigenvalue weighted by Crippen LogP contribution is 2.68. The van der Waals surface area contributed by atoms with Crippen LogP contribution in [0.1, 0.15) is 59.8 Å². The van der Waals surface area contributed by atoms with Crippen molar-refractivity contribution in [3.8, 4) is 0 Å². The lowest BCUT2D eigenvalue weighted by atomic mass is 9.44. The van der Waals surface area contributed by atoms with E-state index in [1.165, 1.54) is 5.57 Å². The van der Waals surface area contributed by atoms with Crippen molar-refractivity contribution in [3.05, 3.63) is 24.8 Å². The summed E-state index contributed by atoms with van der Waals surface area (Å²) < 4.78 is 0. The number of hydrogen-bond donors (Lipinski definition) is 1. The molecule has 0 spiro atoms. The smallest absolute Gasteiger partial charge is 0.137 e. The second kappa shape index (κ2) is 5.05. The second-order valence-corrected chi connectivity index (χ2v) is 9.04. The van der Waals surface area contributed by atoms with Crippen LogP contribution in [-0.4, -0.2) is 17.0 Å². The molecule has 23 heavy (non-hydrogen) atoms. The van der Waals surface area contributed by atoms with Crippen molar-refractivity contribution in [2.45, 2.75) is 65.9 Å². The van der Waals surface area contributed by atoms with E-state index < -0.39 is 6.10 Å². The molecule has 3 saturated carbocycles. The third-order valence-corrected chi connectivity index (χ3v) is 8.37. The van der Waals surface area contributed by atoms with E-state index in [4.69, 9.17) is 0 Å². The molecule has 0 heterocycles. The number of allylic oxidation sites excluding steroid dienone is 2. The Kier molecular flexibility index (Phi) is 3.72. The van der Waals surface area contributed by atoms with E-state index >= 15 is 0 Å². The van der Waals surface area contributed by atoms with E-state index in [0.717, 1.165) is 19.3 Å². The molecule has 3 aliphatic rings. The molecule has 6 unspecified atom stereocenters. The summed E-state index contributed by atoms with van der Waals surface area (Å²) in [6.45, 7) is 17.4. The van der Waals surface area contributed by atoms with Gasteiger partial charge in [0.2, 0.25) is 0 Å². The van der Waals surface area contributed by atoms with Gasteiger partial charge in [-0.3, -0.25) is 4.79 Å². The molecule has 3 fully saturated rings. The predicted octanol–water partition coefficient (Wildman–Crippen LogP) is 4.54. The summed E-state index contributed by atoms with van der Waals surface area (Å²) in [4.78, 5) is 12.9. The van der Waals surface area contributed by atoms with E-state index in [2.05, 4.69) is 40.9 Å². The molecule has 0 radical (unpaired) electrons. The van der Waals surface area contributed by atoms with Crippen LogP contribution >= 0.6 is 0 Å². The lowest BCUT2D eigenvalue weighted by molar-refractivity contribution is -0.154. The van der Waals surface area contributed by atoms with E-state index in [1.807, 2.05) is 6.08 Å². The van der Waals surface area contributed by atoms with Gasteiger partial charge in [0.15, 0.2) is 0 Å². The van der Waals surface area contributed by atoms with Crippen LogP contribution in [0.15, 0.2) is 24.8 Å². The summed E-state index contributed by atoms with van der Waals surface area (Å²) in [6, 6.07) is 0. The van der Waals surface area contributed by atoms with Gasteiger partial charge in [0, 0.05) is 23.2 Å². The Morgan fingerprint density at radius 3 is 2.52 bits per heavy atom. The van der Waals surface area contributed by atoms with Gasteiger partial charge in [0.1, 0.15) is 5.78 Å². The van der Waals surface area contributed by atoms with Crippen LogP contribution in [0.2, 0.25) is 0 Å². The molecule has 1 N–H and O–H groups in total. The first-order valence-electron chi connectivity index (χ1n) is 9.17. The van der Waals surface area contributed by atoms with Crippen molar-refractivity contribution < 1.29 is 9.90 Å². The average Bonchev–Trinajstić information content (AvgIpc) is 2.87. The lowest BCUT2D eigenvalue weighted by Gasteiger charge is -2.60. The van der Waals surface area contributed by atoms with Crippen LogP contribution < -0.4 is 0 Å². The first-order chi connectivity index (χ1) is 10.6. The summed E-state index contributed by atoms with van der Waals surface area (Å²) in [5, 5.41) is 11.3. The monoisotopic (exact) mass is 316 g/mol. The Morgan fingerprint density at radius 2 is 1.91 bits per heavy atom. The molecular weight excluding hydrogens is 284 g/mol. The molecule has 3 aliphatic carbocycles. The minimum Gasteiger partial charge on any atom is -0.392 e. The largest absolute Gasteiger partial charge is 0.392 e. The van der Waals surface area contributed by atoms with Crippen LogP contribution in [0.25, 0.3) is 0 Å². The predicted molar refractivity (Wildman–Crippen MR) is 93.9 cm³/mol. The molecule has 0 aromatic carbocycles. The van der Waals surface area contributed by atoms with Crippen molar-refractivity contribution in [1.82, 2.24) is 0 Å². The Balaban J connectivity index is 2.23. The van der Waals surface area contributed by atoms with Gasteiger partial charge < -0.3 is 5.11 Å². The fraction of sp³-hybridized carbons (Fsp3) is 0.762. The van der Waals surface area contributed by atoms with E-state index in [-0.39, 0.29) is 28.1 Å². The molecule has 7 atom stereocenters. The van der Waals surface area contributed by atoms with Crippen LogP contribution in [0.3, 0.4) is 0 Å². The topological polar surface area (TPSA) is 37.3 Å². The van der Waals surface area contributed by atoms with Gasteiger partial charge >= 0.3 is 0 Å². The summed E-state index contributed by atoms with van der Waals surface area (Å²) in [5.74, 6) is 0.890. The third kappa shape index (κ3) is 1.94. The number of carbonyl (C=O) groups excluding carboxylic acids is 1. The minimum absolute atomic E-state index is 0.0573. The quantitative estimate of drug-likeness (QED) is 0.721. The molecular formula is C21H32O2. The molecule has 2 nitrogen and oxygen atoms in total. The number of ketones is 1. The molecule has 2 heteroatoms. The fourth-order valence-electron chi connectivity index (χ4n) is 6.15. The summed E-state index contributed by atoms with van der Waals surface area (Å²) >= 11 is 0. The lowest BCUT2D eigenvalue weighted by Crippen LogP contribution is -2.59. The third-order valence-electron chi connectivity index (χ3n) is 8.37. The molecule has 3 rings (SSSR count). The number of aliphatic hydroxyl groups is 1. The maximum atomic E-state index is 12.9. The van der Waals surface area contributed by atoms with Gasteiger partial charge in [-0.05, 0) is 42.9 Å². The fourth-order valence-corrected chi connectivity index (χ4v) is 6.15. The van der Waals surface area contributed by atoms with Gasteiger partial charge in [-0.2, -0.15) is 0 Å². The van der Waals surface area contributed by atoms with Crippen molar-refractivity contribution in [2.75, 3.05) is 0 Å². The Labute approximate surface area is 141 Å². The summed E-state index contributed by atoms with van der Waals surface area (Å²) in [5.41, 5.74) is 0.613. The van der Waals surface area contributed by atoms with Gasteiger partial charge in [-0.15, -0.1) is 6.58 Å². The Hall–Kier alpha value is -0.890. The number of Topliss-reactive ketones (excluding diaryl/α,β-unsaturated/α-hetero) is 1. The van der Waals surface area contributed by atoms with Crippen molar-refractivity contribution in [1.29, 1.82) is 0 Å². The average molecular weight is 316 g/mol. The van der Waals surface area contributed by atoms with Crippen molar-refractivity contribution >= 4 is 5.78 Å². The molecule has 0 saturated heterocycles. The molecule has 0 aromatic rings.